The number of nitrogens with two attached hydrogens (primary N) is 1. The molecule has 1 atom stereocenters. The number of carbonyl (C=O) groups excluding carboxylic acids is 1. The second kappa shape index (κ2) is 7.59. The fraction of sp³-hybridized carbons (Fsp3) is 0.800. The van der Waals surface area contributed by atoms with Crippen LogP contribution in [0.2, 0.25) is 0 Å². The molecule has 15 heavy (non-hydrogen) atoms. The standard InChI is InChI=1S/C10H21N3OS/c1-4-6-13(7-9(11)15)8(3)10(14)12-5-2/h8H,4-7H2,1-3H3,(H2,11,15)(H,12,14). The molecule has 0 radical (unpaired) electrons. The Bertz CT molecular complexity index is 221. The van der Waals surface area contributed by atoms with E-state index in [2.05, 4.69) is 12.2 Å². The van der Waals surface area contributed by atoms with Crippen molar-refractivity contribution in [2.75, 3.05) is 19.6 Å². The first kappa shape index (κ1) is 14.3. The Morgan fingerprint density at radius 1 is 1.53 bits per heavy atom. The van der Waals surface area contributed by atoms with Gasteiger partial charge in [0.05, 0.1) is 11.0 Å². The summed E-state index contributed by atoms with van der Waals surface area (Å²) in [5.74, 6) is 0.0298. The molecule has 0 aromatic rings. The topological polar surface area (TPSA) is 58.4 Å². The summed E-state index contributed by atoms with van der Waals surface area (Å²) in [7, 11) is 0. The van der Waals surface area contributed by atoms with Crippen LogP contribution in [0, 0.1) is 0 Å². The maximum Gasteiger partial charge on any atom is 0.237 e. The number of hydrogen-bond acceptors (Lipinski definition) is 3. The fourth-order valence-corrected chi connectivity index (χ4v) is 1.55. The molecule has 0 rings (SSSR count). The highest BCUT2D eigenvalue weighted by molar-refractivity contribution is 7.80. The van der Waals surface area contributed by atoms with Crippen LogP contribution in [0.1, 0.15) is 27.2 Å². The van der Waals surface area contributed by atoms with Gasteiger partial charge in [-0.25, -0.2) is 0 Å². The van der Waals surface area contributed by atoms with Gasteiger partial charge in [0, 0.05) is 13.1 Å². The summed E-state index contributed by atoms with van der Waals surface area (Å²) >= 11 is 4.86. The smallest absolute Gasteiger partial charge is 0.237 e. The van der Waals surface area contributed by atoms with Crippen LogP contribution in [0.15, 0.2) is 0 Å². The number of thiocarbonyl (C=S) groups is 1. The minimum atomic E-state index is -0.175. The zero-order valence-corrected chi connectivity index (χ0v) is 10.6. The van der Waals surface area contributed by atoms with E-state index in [1.807, 2.05) is 18.7 Å². The Hall–Kier alpha value is -0.680. The summed E-state index contributed by atoms with van der Waals surface area (Å²) in [5.41, 5.74) is 5.49. The number of nitrogens with zero attached hydrogens (tertiary/aromatic N) is 1. The molecule has 0 saturated carbocycles. The van der Waals surface area contributed by atoms with Crippen molar-refractivity contribution in [2.45, 2.75) is 33.2 Å². The van der Waals surface area contributed by atoms with Gasteiger partial charge in [-0.3, -0.25) is 9.69 Å². The first-order valence-corrected chi connectivity index (χ1v) is 5.73. The van der Waals surface area contributed by atoms with Crippen LogP contribution in [-0.2, 0) is 4.79 Å². The molecular weight excluding hydrogens is 210 g/mol. The average molecular weight is 231 g/mol. The van der Waals surface area contributed by atoms with Crippen LogP contribution in [0.3, 0.4) is 0 Å². The molecule has 1 amide bonds. The van der Waals surface area contributed by atoms with E-state index < -0.39 is 0 Å². The van der Waals surface area contributed by atoms with Gasteiger partial charge < -0.3 is 11.1 Å². The maximum absolute atomic E-state index is 11.6. The van der Waals surface area contributed by atoms with Crippen LogP contribution in [0.25, 0.3) is 0 Å². The SMILES string of the molecule is CCCN(CC(N)=S)C(C)C(=O)NCC. The molecule has 0 aromatic carbocycles. The van der Waals surface area contributed by atoms with Gasteiger partial charge in [0.15, 0.2) is 0 Å². The van der Waals surface area contributed by atoms with E-state index in [0.29, 0.717) is 18.1 Å². The molecule has 0 fully saturated rings. The number of likely N-dealkylation sites (N-methyl/N-ethyl adjacent to an activating group) is 1. The predicted molar refractivity (Wildman–Crippen MR) is 66.8 cm³/mol. The summed E-state index contributed by atoms with van der Waals surface area (Å²) in [6, 6.07) is -0.175. The van der Waals surface area contributed by atoms with E-state index in [0.717, 1.165) is 13.0 Å². The van der Waals surface area contributed by atoms with Crippen LogP contribution in [0.5, 0.6) is 0 Å². The van der Waals surface area contributed by atoms with Crippen LogP contribution in [0.4, 0.5) is 0 Å². The highest BCUT2D eigenvalue weighted by atomic mass is 32.1. The lowest BCUT2D eigenvalue weighted by Crippen LogP contribution is -2.48. The lowest BCUT2D eigenvalue weighted by atomic mass is 10.2. The Kier molecular flexibility index (Phi) is 7.25. The van der Waals surface area contributed by atoms with Crippen LogP contribution in [-0.4, -0.2) is 41.5 Å². The molecule has 88 valence electrons. The summed E-state index contributed by atoms with van der Waals surface area (Å²) in [5, 5.41) is 2.79. The van der Waals surface area contributed by atoms with E-state index in [4.69, 9.17) is 18.0 Å². The van der Waals surface area contributed by atoms with Gasteiger partial charge in [-0.1, -0.05) is 19.1 Å². The molecule has 0 aliphatic heterocycles. The lowest BCUT2D eigenvalue weighted by molar-refractivity contribution is -0.125. The van der Waals surface area contributed by atoms with Crippen molar-refractivity contribution < 1.29 is 4.79 Å². The van der Waals surface area contributed by atoms with Crippen LogP contribution >= 0.6 is 12.2 Å². The average Bonchev–Trinajstić information content (AvgIpc) is 2.16. The number of amides is 1. The zero-order chi connectivity index (χ0) is 11.8. The molecule has 0 saturated heterocycles. The predicted octanol–water partition coefficient (Wildman–Crippen LogP) is 0.509. The van der Waals surface area contributed by atoms with Gasteiger partial charge in [-0.05, 0) is 26.8 Å². The summed E-state index contributed by atoms with van der Waals surface area (Å²) in [6.07, 6.45) is 0.979. The Labute approximate surface area is 97.2 Å². The first-order chi connectivity index (χ1) is 7.02. The minimum absolute atomic E-state index is 0.0298. The Morgan fingerprint density at radius 2 is 2.13 bits per heavy atom. The van der Waals surface area contributed by atoms with Crippen LogP contribution < -0.4 is 11.1 Å². The molecule has 0 aliphatic rings. The lowest BCUT2D eigenvalue weighted by Gasteiger charge is -2.27. The van der Waals surface area contributed by atoms with Crippen molar-refractivity contribution in [1.29, 1.82) is 0 Å². The highest BCUT2D eigenvalue weighted by Crippen LogP contribution is 2.00. The number of nitrogens with one attached hydrogen (secondary N) is 1. The van der Waals surface area contributed by atoms with E-state index in [9.17, 15) is 4.79 Å². The molecule has 3 N–H and O–H groups in total. The van der Waals surface area contributed by atoms with Gasteiger partial charge in [-0.2, -0.15) is 0 Å². The minimum Gasteiger partial charge on any atom is -0.392 e. The van der Waals surface area contributed by atoms with Gasteiger partial charge in [0.1, 0.15) is 0 Å². The van der Waals surface area contributed by atoms with Gasteiger partial charge in [0.25, 0.3) is 0 Å². The largest absolute Gasteiger partial charge is 0.392 e. The molecule has 0 heterocycles. The number of carbonyl (C=O) groups is 1. The molecule has 0 aliphatic carbocycles. The van der Waals surface area contributed by atoms with Crippen molar-refractivity contribution in [2.24, 2.45) is 5.73 Å². The van der Waals surface area contributed by atoms with Gasteiger partial charge >= 0.3 is 0 Å². The highest BCUT2D eigenvalue weighted by Gasteiger charge is 2.20. The third kappa shape index (κ3) is 5.69. The normalized spacial score (nSPS) is 12.5. The van der Waals surface area contributed by atoms with Crippen molar-refractivity contribution >= 4 is 23.1 Å². The molecular formula is C10H21N3OS. The monoisotopic (exact) mass is 231 g/mol. The number of hydrogen-bond donors (Lipinski definition) is 2. The van der Waals surface area contributed by atoms with Gasteiger partial charge in [-0.15, -0.1) is 0 Å². The third-order valence-electron chi connectivity index (χ3n) is 2.15. The van der Waals surface area contributed by atoms with Crippen molar-refractivity contribution in [3.8, 4) is 0 Å². The third-order valence-corrected chi connectivity index (χ3v) is 2.28. The summed E-state index contributed by atoms with van der Waals surface area (Å²) in [4.78, 5) is 14.0. The van der Waals surface area contributed by atoms with E-state index >= 15 is 0 Å². The second-order valence-corrected chi connectivity index (χ2v) is 4.03. The number of rotatable bonds is 7. The summed E-state index contributed by atoms with van der Waals surface area (Å²) in [6.45, 7) is 7.83. The first-order valence-electron chi connectivity index (χ1n) is 5.32. The second-order valence-electron chi connectivity index (χ2n) is 3.51. The van der Waals surface area contributed by atoms with E-state index in [1.54, 1.807) is 0 Å². The molecule has 0 bridgehead atoms. The Morgan fingerprint density at radius 3 is 2.53 bits per heavy atom. The van der Waals surface area contributed by atoms with Crippen molar-refractivity contribution in [1.82, 2.24) is 10.2 Å². The fourth-order valence-electron chi connectivity index (χ4n) is 1.38. The van der Waals surface area contributed by atoms with Crippen molar-refractivity contribution in [3.05, 3.63) is 0 Å². The zero-order valence-electron chi connectivity index (χ0n) is 9.75. The van der Waals surface area contributed by atoms with E-state index in [1.165, 1.54) is 0 Å². The molecule has 0 spiro atoms. The quantitative estimate of drug-likeness (QED) is 0.627. The molecule has 5 heteroatoms. The Balaban J connectivity index is 4.32. The van der Waals surface area contributed by atoms with Gasteiger partial charge in [0.2, 0.25) is 5.91 Å². The maximum atomic E-state index is 11.6. The molecule has 1 unspecified atom stereocenters. The molecule has 0 aromatic heterocycles. The van der Waals surface area contributed by atoms with Crippen molar-refractivity contribution in [3.63, 3.8) is 0 Å². The summed E-state index contributed by atoms with van der Waals surface area (Å²) < 4.78 is 0. The molecule has 4 nitrogen and oxygen atoms in total. The van der Waals surface area contributed by atoms with E-state index in [-0.39, 0.29) is 11.9 Å².